The molecule has 5 nitrogen and oxygen atoms in total. The first-order valence-corrected chi connectivity index (χ1v) is 24.8. The fourth-order valence-corrected chi connectivity index (χ4v) is 23.0. The standard InChI is InChI=1S/C17H42O5Si5/c1-15(16(17(18)19)26(10,11)20-23(2)3)13-14-27(12,21-24(4,5)6)22-25(7,8)9/h23H,13-14H2,1-12H3,(H,18,19). The van der Waals surface area contributed by atoms with Gasteiger partial charge in [-0.2, -0.15) is 0 Å². The molecule has 10 heteroatoms. The van der Waals surface area contributed by atoms with Crippen LogP contribution < -0.4 is 0 Å². The molecule has 0 aliphatic heterocycles. The van der Waals surface area contributed by atoms with Crippen molar-refractivity contribution in [2.45, 2.75) is 91.4 Å². The molecule has 0 aromatic carbocycles. The summed E-state index contributed by atoms with van der Waals surface area (Å²) >= 11 is 0. The highest BCUT2D eigenvalue weighted by molar-refractivity contribution is 6.88. The minimum Gasteiger partial charge on any atom is -0.478 e. The number of carboxylic acid groups (broad SMARTS) is 1. The van der Waals surface area contributed by atoms with Gasteiger partial charge in [0.25, 0.3) is 0 Å². The molecule has 0 bridgehead atoms. The van der Waals surface area contributed by atoms with E-state index in [1.165, 1.54) is 0 Å². The highest BCUT2D eigenvalue weighted by atomic mass is 28.5. The van der Waals surface area contributed by atoms with Crippen molar-refractivity contribution in [3.63, 3.8) is 0 Å². The molecule has 0 spiro atoms. The number of aliphatic carboxylic acids is 1. The summed E-state index contributed by atoms with van der Waals surface area (Å²) in [5.74, 6) is -0.834. The van der Waals surface area contributed by atoms with Gasteiger partial charge >= 0.3 is 14.5 Å². The van der Waals surface area contributed by atoms with Crippen molar-refractivity contribution in [2.75, 3.05) is 0 Å². The molecule has 0 amide bonds. The third-order valence-electron chi connectivity index (χ3n) is 3.77. The van der Waals surface area contributed by atoms with Crippen LogP contribution in [0.3, 0.4) is 0 Å². The summed E-state index contributed by atoms with van der Waals surface area (Å²) in [7, 11) is -9.62. The van der Waals surface area contributed by atoms with Crippen molar-refractivity contribution in [3.05, 3.63) is 10.8 Å². The largest absolute Gasteiger partial charge is 0.478 e. The van der Waals surface area contributed by atoms with Gasteiger partial charge < -0.3 is 17.5 Å². The lowest BCUT2D eigenvalue weighted by Crippen LogP contribution is -2.52. The van der Waals surface area contributed by atoms with Gasteiger partial charge in [-0.25, -0.2) is 4.79 Å². The van der Waals surface area contributed by atoms with Crippen molar-refractivity contribution in [1.82, 2.24) is 0 Å². The molecule has 0 aromatic rings. The average molecular weight is 467 g/mol. The number of hydrogen-bond donors (Lipinski definition) is 1. The van der Waals surface area contributed by atoms with E-state index < -0.39 is 48.5 Å². The molecule has 27 heavy (non-hydrogen) atoms. The van der Waals surface area contributed by atoms with Gasteiger partial charge in [0, 0.05) is 5.20 Å². The average Bonchev–Trinajstić information content (AvgIpc) is 2.28. The van der Waals surface area contributed by atoms with E-state index in [1.807, 2.05) is 20.0 Å². The lowest BCUT2D eigenvalue weighted by molar-refractivity contribution is -0.132. The van der Waals surface area contributed by atoms with Crippen molar-refractivity contribution in [3.8, 4) is 0 Å². The molecule has 160 valence electrons. The van der Waals surface area contributed by atoms with Gasteiger partial charge in [-0.05, 0) is 91.4 Å². The second-order valence-electron chi connectivity index (χ2n) is 10.2. The maximum atomic E-state index is 12.0. The first-order valence-electron chi connectivity index (χ1n) is 9.80. The van der Waals surface area contributed by atoms with E-state index in [0.29, 0.717) is 11.6 Å². The molecule has 0 rings (SSSR count). The van der Waals surface area contributed by atoms with E-state index >= 15 is 0 Å². The summed E-state index contributed by atoms with van der Waals surface area (Å²) in [6.45, 7) is 25.4. The van der Waals surface area contributed by atoms with Crippen molar-refractivity contribution in [1.29, 1.82) is 0 Å². The topological polar surface area (TPSA) is 65.0 Å². The zero-order valence-corrected chi connectivity index (χ0v) is 24.7. The van der Waals surface area contributed by atoms with Crippen LogP contribution in [0, 0.1) is 0 Å². The first kappa shape index (κ1) is 27.2. The summed E-state index contributed by atoms with van der Waals surface area (Å²) < 4.78 is 19.3. The van der Waals surface area contributed by atoms with Gasteiger partial charge in [-0.1, -0.05) is 5.57 Å². The fraction of sp³-hybridized carbons (Fsp3) is 0.824. The Morgan fingerprint density at radius 2 is 1.30 bits per heavy atom. The molecular weight excluding hydrogens is 425 g/mol. The molecule has 1 N–H and O–H groups in total. The van der Waals surface area contributed by atoms with Crippen molar-refractivity contribution in [2.24, 2.45) is 0 Å². The Morgan fingerprint density at radius 1 is 0.889 bits per heavy atom. The van der Waals surface area contributed by atoms with E-state index in [0.717, 1.165) is 11.6 Å². The molecule has 0 aromatic heterocycles. The third-order valence-corrected chi connectivity index (χ3v) is 19.4. The second-order valence-corrected chi connectivity index (χ2v) is 29.6. The summed E-state index contributed by atoms with van der Waals surface area (Å²) in [5.41, 5.74) is 0.922. The molecular formula is C17H42O5Si5. The number of carboxylic acids is 1. The van der Waals surface area contributed by atoms with Gasteiger partial charge in [0.15, 0.2) is 25.7 Å². The Bertz CT molecular complexity index is 531. The van der Waals surface area contributed by atoms with Crippen LogP contribution in [0.25, 0.3) is 0 Å². The Kier molecular flexibility index (Phi) is 9.85. The summed E-state index contributed by atoms with van der Waals surface area (Å²) in [4.78, 5) is 12.0. The predicted octanol–water partition coefficient (Wildman–Crippen LogP) is 5.30. The van der Waals surface area contributed by atoms with Gasteiger partial charge in [0.05, 0.1) is 0 Å². The Morgan fingerprint density at radius 3 is 1.59 bits per heavy atom. The van der Waals surface area contributed by atoms with Crippen molar-refractivity contribution < 1.29 is 22.2 Å². The lowest BCUT2D eigenvalue weighted by Gasteiger charge is -2.39. The Hall–Kier alpha value is 0.174. The summed E-state index contributed by atoms with van der Waals surface area (Å²) in [6, 6.07) is 0.785. The molecule has 0 heterocycles. The SMILES string of the molecule is CC(CC[Si](C)(O[Si](C)(C)C)O[Si](C)(C)C)=C(C(=O)O)[Si](C)(C)O[SiH](C)C. The monoisotopic (exact) mass is 466 g/mol. The second kappa shape index (κ2) is 9.78. The highest BCUT2D eigenvalue weighted by Gasteiger charge is 2.41. The van der Waals surface area contributed by atoms with E-state index in [9.17, 15) is 9.90 Å². The minimum absolute atomic E-state index is 0.515. The number of hydrogen-bond acceptors (Lipinski definition) is 4. The molecule has 0 fully saturated rings. The van der Waals surface area contributed by atoms with E-state index in [2.05, 4.69) is 58.9 Å². The number of carbonyl (C=O) groups is 1. The van der Waals surface area contributed by atoms with Crippen LogP contribution in [0.4, 0.5) is 0 Å². The maximum Gasteiger partial charge on any atom is 0.329 e. The first-order chi connectivity index (χ1) is 11.8. The molecule has 0 radical (unpaired) electrons. The minimum atomic E-state index is -2.42. The zero-order valence-electron chi connectivity index (χ0n) is 19.6. The number of rotatable bonds is 11. The van der Waals surface area contributed by atoms with Gasteiger partial charge in [0.1, 0.15) is 0 Å². The normalized spacial score (nSPS) is 15.1. The van der Waals surface area contributed by atoms with Crippen LogP contribution in [-0.4, -0.2) is 53.6 Å². The van der Waals surface area contributed by atoms with Gasteiger partial charge in [0.2, 0.25) is 8.32 Å². The van der Waals surface area contributed by atoms with E-state index in [4.69, 9.17) is 12.3 Å². The molecule has 0 unspecified atom stereocenters. The summed E-state index contributed by atoms with van der Waals surface area (Å²) in [6.07, 6.45) is 0.693. The van der Waals surface area contributed by atoms with Crippen LogP contribution in [-0.2, 0) is 17.1 Å². The van der Waals surface area contributed by atoms with Crippen LogP contribution >= 0.6 is 0 Å². The molecule has 0 atom stereocenters. The zero-order chi connectivity index (χ0) is 21.8. The smallest absolute Gasteiger partial charge is 0.329 e. The Labute approximate surface area is 172 Å². The van der Waals surface area contributed by atoms with E-state index in [1.54, 1.807) is 0 Å². The van der Waals surface area contributed by atoms with Crippen LogP contribution in [0.15, 0.2) is 10.8 Å². The summed E-state index contributed by atoms with van der Waals surface area (Å²) in [5, 5.41) is 10.4. The van der Waals surface area contributed by atoms with E-state index in [-0.39, 0.29) is 0 Å². The lowest BCUT2D eigenvalue weighted by atomic mass is 10.2. The van der Waals surface area contributed by atoms with Gasteiger partial charge in [-0.3, -0.25) is 0 Å². The highest BCUT2D eigenvalue weighted by Crippen LogP contribution is 2.30. The molecule has 0 aliphatic carbocycles. The molecule has 0 saturated carbocycles. The molecule has 0 aliphatic rings. The quantitative estimate of drug-likeness (QED) is 0.331. The number of allylic oxidation sites excluding steroid dienone is 1. The Balaban J connectivity index is 5.69. The van der Waals surface area contributed by atoms with Crippen LogP contribution in [0.5, 0.6) is 0 Å². The van der Waals surface area contributed by atoms with Gasteiger partial charge in [-0.15, -0.1) is 0 Å². The third kappa shape index (κ3) is 11.1. The fourth-order valence-electron chi connectivity index (χ4n) is 3.56. The van der Waals surface area contributed by atoms with Crippen LogP contribution in [0.1, 0.15) is 13.3 Å². The predicted molar refractivity (Wildman–Crippen MR) is 128 cm³/mol. The maximum absolute atomic E-state index is 12.0. The van der Waals surface area contributed by atoms with Crippen molar-refractivity contribution >= 4 is 48.5 Å². The van der Waals surface area contributed by atoms with Crippen LogP contribution in [0.2, 0.25) is 78.1 Å². The molecule has 0 saturated heterocycles.